The summed E-state index contributed by atoms with van der Waals surface area (Å²) in [5.74, 6) is 0.475. The van der Waals surface area contributed by atoms with Gasteiger partial charge in [-0.3, -0.25) is 0 Å². The molecule has 0 atom stereocenters. The number of carbonyl (C=O) groups is 1. The van der Waals surface area contributed by atoms with Crippen LogP contribution in [-0.4, -0.2) is 23.9 Å². The molecular weight excluding hydrogens is 254 g/mol. The number of rotatable bonds is 4. The van der Waals surface area contributed by atoms with E-state index < -0.39 is 0 Å². The van der Waals surface area contributed by atoms with E-state index in [4.69, 9.17) is 9.84 Å². The number of ether oxygens (including phenoxy) is 1. The van der Waals surface area contributed by atoms with Crippen LogP contribution in [0.1, 0.15) is 31.2 Å². The topological polar surface area (TPSA) is 58.6 Å². The summed E-state index contributed by atoms with van der Waals surface area (Å²) in [4.78, 5) is 11.7. The van der Waals surface area contributed by atoms with Gasteiger partial charge in [0.15, 0.2) is 0 Å². The molecule has 1 aromatic carbocycles. The molecule has 2 saturated carbocycles. The molecule has 0 aromatic heterocycles. The Morgan fingerprint density at radius 3 is 2.60 bits per heavy atom. The monoisotopic (exact) mass is 275 g/mol. The molecular formula is C16H21NO3. The molecule has 1 spiro atoms. The van der Waals surface area contributed by atoms with Crippen LogP contribution in [0.25, 0.3) is 0 Å². The summed E-state index contributed by atoms with van der Waals surface area (Å²) in [6, 6.07) is 9.80. The van der Waals surface area contributed by atoms with Crippen LogP contribution in [0, 0.1) is 11.3 Å². The predicted octanol–water partition coefficient (Wildman–Crippen LogP) is 2.46. The Kier molecular flexibility index (Phi) is 3.66. The minimum Gasteiger partial charge on any atom is -0.446 e. The van der Waals surface area contributed by atoms with E-state index >= 15 is 0 Å². The van der Waals surface area contributed by atoms with Crippen LogP contribution in [0.5, 0.6) is 0 Å². The molecule has 20 heavy (non-hydrogen) atoms. The predicted molar refractivity (Wildman–Crippen MR) is 75.0 cm³/mol. The average molecular weight is 275 g/mol. The molecule has 2 aliphatic rings. The number of nitrogens with one attached hydrogen (secondary N) is 1. The minimum atomic E-state index is -0.327. The molecule has 0 aliphatic heterocycles. The van der Waals surface area contributed by atoms with E-state index in [1.165, 1.54) is 0 Å². The Balaban J connectivity index is 1.35. The molecule has 1 aromatic rings. The molecule has 0 radical (unpaired) electrons. The van der Waals surface area contributed by atoms with E-state index in [2.05, 4.69) is 5.32 Å². The molecule has 0 heterocycles. The number of hydrogen-bond acceptors (Lipinski definition) is 3. The van der Waals surface area contributed by atoms with Crippen molar-refractivity contribution in [1.82, 2.24) is 5.32 Å². The first-order chi connectivity index (χ1) is 9.69. The molecule has 2 N–H and O–H groups in total. The number of hydrogen-bond donors (Lipinski definition) is 2. The summed E-state index contributed by atoms with van der Waals surface area (Å²) >= 11 is 0. The highest BCUT2D eigenvalue weighted by molar-refractivity contribution is 5.67. The maximum atomic E-state index is 11.7. The standard InChI is InChI=1S/C16H21NO3/c18-11-13-6-16(7-13)8-14(9-16)20-15(19)17-10-12-4-2-1-3-5-12/h1-5,13-14,18H,6-11H2,(H,17,19). The number of amides is 1. The van der Waals surface area contributed by atoms with E-state index in [0.717, 1.165) is 31.2 Å². The smallest absolute Gasteiger partial charge is 0.407 e. The summed E-state index contributed by atoms with van der Waals surface area (Å²) in [7, 11) is 0. The number of aliphatic hydroxyl groups is 1. The highest BCUT2D eigenvalue weighted by atomic mass is 16.6. The SMILES string of the molecule is O=C(NCc1ccccc1)OC1CC2(CC(CO)C2)C1. The van der Waals surface area contributed by atoms with Crippen molar-refractivity contribution in [2.24, 2.45) is 11.3 Å². The van der Waals surface area contributed by atoms with Crippen molar-refractivity contribution in [3.8, 4) is 0 Å². The zero-order valence-corrected chi connectivity index (χ0v) is 11.5. The Morgan fingerprint density at radius 2 is 1.95 bits per heavy atom. The number of aliphatic hydroxyl groups excluding tert-OH is 1. The van der Waals surface area contributed by atoms with Gasteiger partial charge < -0.3 is 15.2 Å². The first kappa shape index (κ1) is 13.4. The summed E-state index contributed by atoms with van der Waals surface area (Å²) in [5.41, 5.74) is 1.44. The molecule has 0 saturated heterocycles. The van der Waals surface area contributed by atoms with Crippen LogP contribution in [0.4, 0.5) is 4.79 Å². The van der Waals surface area contributed by atoms with Gasteiger partial charge in [0.2, 0.25) is 0 Å². The molecule has 108 valence electrons. The van der Waals surface area contributed by atoms with Crippen LogP contribution in [0.15, 0.2) is 30.3 Å². The Bertz CT molecular complexity index is 460. The van der Waals surface area contributed by atoms with Crippen molar-refractivity contribution in [2.45, 2.75) is 38.3 Å². The fraction of sp³-hybridized carbons (Fsp3) is 0.562. The lowest BCUT2D eigenvalue weighted by molar-refractivity contribution is -0.122. The molecule has 0 unspecified atom stereocenters. The lowest BCUT2D eigenvalue weighted by Gasteiger charge is -2.56. The fourth-order valence-corrected chi connectivity index (χ4v) is 3.58. The summed E-state index contributed by atoms with van der Waals surface area (Å²) in [6.45, 7) is 0.801. The van der Waals surface area contributed by atoms with Crippen molar-refractivity contribution < 1.29 is 14.6 Å². The van der Waals surface area contributed by atoms with Crippen molar-refractivity contribution in [2.75, 3.05) is 6.61 Å². The maximum absolute atomic E-state index is 11.7. The van der Waals surface area contributed by atoms with Crippen LogP contribution in [0.3, 0.4) is 0 Å². The molecule has 4 heteroatoms. The normalized spacial score (nSPS) is 31.2. The zero-order chi connectivity index (χ0) is 14.0. The third kappa shape index (κ3) is 2.80. The van der Waals surface area contributed by atoms with Crippen molar-refractivity contribution >= 4 is 6.09 Å². The molecule has 0 bridgehead atoms. The van der Waals surface area contributed by atoms with E-state index in [9.17, 15) is 4.79 Å². The van der Waals surface area contributed by atoms with E-state index in [1.807, 2.05) is 30.3 Å². The van der Waals surface area contributed by atoms with Gasteiger partial charge in [-0.1, -0.05) is 30.3 Å². The lowest BCUT2D eigenvalue weighted by Crippen LogP contribution is -2.52. The number of benzene rings is 1. The average Bonchev–Trinajstić information content (AvgIpc) is 2.39. The van der Waals surface area contributed by atoms with Gasteiger partial charge in [-0.15, -0.1) is 0 Å². The van der Waals surface area contributed by atoms with Gasteiger partial charge in [0.25, 0.3) is 0 Å². The zero-order valence-electron chi connectivity index (χ0n) is 11.5. The molecule has 3 rings (SSSR count). The van der Waals surface area contributed by atoms with Gasteiger partial charge in [0, 0.05) is 13.2 Å². The van der Waals surface area contributed by atoms with Crippen molar-refractivity contribution in [3.63, 3.8) is 0 Å². The van der Waals surface area contributed by atoms with Crippen LogP contribution >= 0.6 is 0 Å². The van der Waals surface area contributed by atoms with Gasteiger partial charge in [-0.2, -0.15) is 0 Å². The summed E-state index contributed by atoms with van der Waals surface area (Å²) in [6.07, 6.45) is 3.84. The lowest BCUT2D eigenvalue weighted by atomic mass is 9.51. The molecule has 1 amide bonds. The third-order valence-electron chi connectivity index (χ3n) is 4.58. The second-order valence-corrected chi connectivity index (χ2v) is 6.23. The largest absolute Gasteiger partial charge is 0.446 e. The van der Waals surface area contributed by atoms with E-state index in [-0.39, 0.29) is 12.2 Å². The Hall–Kier alpha value is -1.55. The highest BCUT2D eigenvalue weighted by Gasteiger charge is 2.53. The van der Waals surface area contributed by atoms with Crippen LogP contribution < -0.4 is 5.32 Å². The highest BCUT2D eigenvalue weighted by Crippen LogP contribution is 2.59. The first-order valence-electron chi connectivity index (χ1n) is 7.28. The van der Waals surface area contributed by atoms with Gasteiger partial charge in [0.05, 0.1) is 0 Å². The fourth-order valence-electron chi connectivity index (χ4n) is 3.58. The molecule has 2 aliphatic carbocycles. The number of alkyl carbamates (subject to hydrolysis) is 1. The number of carbonyl (C=O) groups excluding carboxylic acids is 1. The van der Waals surface area contributed by atoms with Gasteiger partial charge in [-0.05, 0) is 42.6 Å². The quantitative estimate of drug-likeness (QED) is 0.887. The van der Waals surface area contributed by atoms with Gasteiger partial charge in [-0.25, -0.2) is 4.79 Å². The second kappa shape index (κ2) is 5.44. The van der Waals surface area contributed by atoms with Gasteiger partial charge in [0.1, 0.15) is 6.10 Å². The molecule has 2 fully saturated rings. The maximum Gasteiger partial charge on any atom is 0.407 e. The second-order valence-electron chi connectivity index (χ2n) is 6.23. The van der Waals surface area contributed by atoms with E-state index in [0.29, 0.717) is 24.5 Å². The Labute approximate surface area is 119 Å². The third-order valence-corrected chi connectivity index (χ3v) is 4.58. The minimum absolute atomic E-state index is 0.0606. The molecule has 4 nitrogen and oxygen atoms in total. The Morgan fingerprint density at radius 1 is 1.25 bits per heavy atom. The van der Waals surface area contributed by atoms with E-state index in [1.54, 1.807) is 0 Å². The summed E-state index contributed by atoms with van der Waals surface area (Å²) in [5, 5.41) is 11.8. The van der Waals surface area contributed by atoms with Crippen LogP contribution in [0.2, 0.25) is 0 Å². The van der Waals surface area contributed by atoms with Crippen molar-refractivity contribution in [3.05, 3.63) is 35.9 Å². The van der Waals surface area contributed by atoms with Crippen LogP contribution in [-0.2, 0) is 11.3 Å². The first-order valence-corrected chi connectivity index (χ1v) is 7.28. The van der Waals surface area contributed by atoms with Gasteiger partial charge >= 0.3 is 6.09 Å². The summed E-state index contributed by atoms with van der Waals surface area (Å²) < 4.78 is 5.40. The van der Waals surface area contributed by atoms with Crippen molar-refractivity contribution in [1.29, 1.82) is 0 Å².